The van der Waals surface area contributed by atoms with Crippen LogP contribution in [-0.4, -0.2) is 0 Å². The fourth-order valence-corrected chi connectivity index (χ4v) is 6.14. The Balaban J connectivity index is 0.00000206. The maximum absolute atomic E-state index is 3.63. The van der Waals surface area contributed by atoms with Gasteiger partial charge in [0.15, 0.2) is 0 Å². The predicted molar refractivity (Wildman–Crippen MR) is 135 cm³/mol. The van der Waals surface area contributed by atoms with Crippen LogP contribution in [0.5, 0.6) is 0 Å². The van der Waals surface area contributed by atoms with Crippen molar-refractivity contribution in [3.05, 3.63) is 137 Å². The molecule has 3 aliphatic carbocycles. The fraction of sp³-hybridized carbons (Fsp3) is 0.0968. The lowest BCUT2D eigenvalue weighted by Gasteiger charge is -2.32. The average molecular weight is 412 g/mol. The van der Waals surface area contributed by atoms with Gasteiger partial charge in [-0.1, -0.05) is 84.9 Å². The maximum atomic E-state index is 3.63. The van der Waals surface area contributed by atoms with Gasteiger partial charge < -0.3 is 5.32 Å². The molecule has 0 aliphatic heterocycles. The number of hydrogen-bond acceptors (Lipinski definition) is 1. The van der Waals surface area contributed by atoms with Gasteiger partial charge in [-0.3, -0.25) is 0 Å². The number of anilines is 2. The molecule has 0 heterocycles. The summed E-state index contributed by atoms with van der Waals surface area (Å²) in [5.41, 5.74) is 13.4. The molecule has 0 saturated heterocycles. The number of hydrogen-bond donors (Lipinski definition) is 1. The van der Waals surface area contributed by atoms with Crippen LogP contribution in [-0.2, 0) is 5.41 Å². The Kier molecular flexibility index (Phi) is 3.66. The van der Waals surface area contributed by atoms with Gasteiger partial charge in [0.2, 0.25) is 0 Å². The van der Waals surface area contributed by atoms with Crippen molar-refractivity contribution >= 4 is 16.9 Å². The zero-order valence-electron chi connectivity index (χ0n) is 17.8. The second-order valence-corrected chi connectivity index (χ2v) is 8.93. The third kappa shape index (κ3) is 2.23. The van der Waals surface area contributed by atoms with Crippen LogP contribution in [0.4, 0.5) is 11.4 Å². The lowest BCUT2D eigenvalue weighted by atomic mass is 9.69. The van der Waals surface area contributed by atoms with Gasteiger partial charge in [0, 0.05) is 12.8 Å². The van der Waals surface area contributed by atoms with E-state index in [2.05, 4.69) is 115 Å². The average Bonchev–Trinajstić information content (AvgIpc) is 3.32. The quantitative estimate of drug-likeness (QED) is 0.351. The zero-order valence-corrected chi connectivity index (χ0v) is 17.8. The fourth-order valence-electron chi connectivity index (χ4n) is 6.14. The monoisotopic (exact) mass is 411 g/mol. The van der Waals surface area contributed by atoms with Crippen molar-refractivity contribution < 1.29 is 1.43 Å². The van der Waals surface area contributed by atoms with Gasteiger partial charge in [0.1, 0.15) is 0 Å². The lowest BCUT2D eigenvalue weighted by molar-refractivity contribution is 0.781. The van der Waals surface area contributed by atoms with E-state index in [9.17, 15) is 0 Å². The second-order valence-electron chi connectivity index (χ2n) is 8.93. The molecule has 1 spiro atoms. The van der Waals surface area contributed by atoms with E-state index in [4.69, 9.17) is 0 Å². The molecule has 0 fully saturated rings. The Morgan fingerprint density at radius 3 is 2.16 bits per heavy atom. The lowest BCUT2D eigenvalue weighted by Crippen LogP contribution is -2.27. The summed E-state index contributed by atoms with van der Waals surface area (Å²) in [6, 6.07) is 35.4. The standard InChI is InChI=1S/C31H23N.H2/c1-2-10-21(11-3-1)32-22-18-19-26-25-14-6-9-17-29(25)31(30(26)20-22)27-15-7-4-12-23(27)24-13-5-8-16-28(24)31;/h1-4,6-12,14-20,32H,5,13H2;1H. The van der Waals surface area contributed by atoms with Crippen molar-refractivity contribution in [2.45, 2.75) is 18.3 Å². The van der Waals surface area contributed by atoms with Crippen LogP contribution in [0.15, 0.2) is 115 Å². The highest BCUT2D eigenvalue weighted by Crippen LogP contribution is 2.63. The van der Waals surface area contributed by atoms with Gasteiger partial charge in [-0.25, -0.2) is 0 Å². The normalized spacial score (nSPS) is 19.5. The van der Waals surface area contributed by atoms with E-state index in [0.29, 0.717) is 0 Å². The molecule has 7 rings (SSSR count). The molecule has 1 atom stereocenters. The van der Waals surface area contributed by atoms with Crippen LogP contribution in [0.25, 0.3) is 16.7 Å². The molecular weight excluding hydrogens is 386 g/mol. The van der Waals surface area contributed by atoms with E-state index in [-0.39, 0.29) is 6.84 Å². The van der Waals surface area contributed by atoms with E-state index in [1.807, 2.05) is 0 Å². The third-order valence-corrected chi connectivity index (χ3v) is 7.34. The molecule has 1 N–H and O–H groups in total. The number of allylic oxidation sites excluding steroid dienone is 4. The van der Waals surface area contributed by atoms with Gasteiger partial charge in [-0.05, 0) is 81.6 Å². The first-order chi connectivity index (χ1) is 15.9. The Morgan fingerprint density at radius 2 is 1.31 bits per heavy atom. The Hall–Kier alpha value is -3.84. The molecule has 1 nitrogen and oxygen atoms in total. The topological polar surface area (TPSA) is 12.0 Å². The van der Waals surface area contributed by atoms with Gasteiger partial charge in [-0.2, -0.15) is 0 Å². The largest absolute Gasteiger partial charge is 0.356 e. The summed E-state index contributed by atoms with van der Waals surface area (Å²) in [7, 11) is 0. The van der Waals surface area contributed by atoms with Crippen molar-refractivity contribution in [2.75, 3.05) is 5.32 Å². The van der Waals surface area contributed by atoms with E-state index in [0.717, 1.165) is 24.2 Å². The third-order valence-electron chi connectivity index (χ3n) is 7.34. The molecule has 4 aromatic rings. The Morgan fingerprint density at radius 1 is 0.625 bits per heavy atom. The molecular formula is C31H25N. The molecule has 1 heteroatoms. The van der Waals surface area contributed by atoms with Crippen molar-refractivity contribution in [1.29, 1.82) is 0 Å². The van der Waals surface area contributed by atoms with Gasteiger partial charge in [-0.15, -0.1) is 0 Å². The number of nitrogens with one attached hydrogen (secondary N) is 1. The highest BCUT2D eigenvalue weighted by Gasteiger charge is 2.52. The maximum Gasteiger partial charge on any atom is 0.0722 e. The van der Waals surface area contributed by atoms with Crippen molar-refractivity contribution in [1.82, 2.24) is 0 Å². The highest BCUT2D eigenvalue weighted by molar-refractivity contribution is 5.96. The Bertz CT molecular complexity index is 1450. The summed E-state index contributed by atoms with van der Waals surface area (Å²) in [4.78, 5) is 0. The van der Waals surface area contributed by atoms with Crippen molar-refractivity contribution in [3.63, 3.8) is 0 Å². The summed E-state index contributed by atoms with van der Waals surface area (Å²) in [5.74, 6) is 0. The summed E-state index contributed by atoms with van der Waals surface area (Å²) in [5, 5.41) is 3.63. The molecule has 0 aromatic heterocycles. The van der Waals surface area contributed by atoms with Crippen LogP contribution in [0.3, 0.4) is 0 Å². The molecule has 4 aromatic carbocycles. The molecule has 32 heavy (non-hydrogen) atoms. The number of fused-ring (bicyclic) bond motifs is 9. The van der Waals surface area contributed by atoms with Crippen LogP contribution >= 0.6 is 0 Å². The molecule has 0 bridgehead atoms. The van der Waals surface area contributed by atoms with E-state index < -0.39 is 0 Å². The molecule has 0 radical (unpaired) electrons. The molecule has 1 unspecified atom stereocenters. The van der Waals surface area contributed by atoms with Crippen molar-refractivity contribution in [2.24, 2.45) is 0 Å². The first-order valence-electron chi connectivity index (χ1n) is 11.4. The van der Waals surface area contributed by atoms with E-state index in [1.165, 1.54) is 44.5 Å². The number of benzene rings is 4. The molecule has 0 saturated carbocycles. The number of para-hydroxylation sites is 1. The molecule has 3 aliphatic rings. The minimum atomic E-state index is -0.233. The smallest absolute Gasteiger partial charge is 0.0722 e. The van der Waals surface area contributed by atoms with Crippen LogP contribution < -0.4 is 5.32 Å². The second kappa shape index (κ2) is 6.58. The van der Waals surface area contributed by atoms with Gasteiger partial charge in [0.25, 0.3) is 0 Å². The van der Waals surface area contributed by atoms with Crippen LogP contribution in [0, 0.1) is 0 Å². The Labute approximate surface area is 190 Å². The summed E-state index contributed by atoms with van der Waals surface area (Å²) >= 11 is 0. The highest BCUT2D eigenvalue weighted by atomic mass is 14.9. The molecule has 154 valence electrons. The summed E-state index contributed by atoms with van der Waals surface area (Å²) in [6.45, 7) is 0. The van der Waals surface area contributed by atoms with Crippen LogP contribution in [0.1, 0.15) is 36.5 Å². The van der Waals surface area contributed by atoms with Gasteiger partial charge in [0.05, 0.1) is 5.41 Å². The minimum Gasteiger partial charge on any atom is -0.356 e. The first-order valence-corrected chi connectivity index (χ1v) is 11.4. The van der Waals surface area contributed by atoms with E-state index >= 15 is 0 Å². The minimum absolute atomic E-state index is 0. The van der Waals surface area contributed by atoms with E-state index in [1.54, 1.807) is 0 Å². The zero-order chi connectivity index (χ0) is 21.1. The van der Waals surface area contributed by atoms with Crippen molar-refractivity contribution in [3.8, 4) is 11.1 Å². The summed E-state index contributed by atoms with van der Waals surface area (Å²) in [6.07, 6.45) is 7.00. The number of rotatable bonds is 2. The van der Waals surface area contributed by atoms with Gasteiger partial charge >= 0.3 is 0 Å². The molecule has 0 amide bonds. The van der Waals surface area contributed by atoms with Crippen LogP contribution in [0.2, 0.25) is 0 Å². The SMILES string of the molecule is C1=CC2=C(CC1)c1ccccc1C21c2ccccc2-c2ccc(Nc3ccccc3)cc21.[HH]. The summed E-state index contributed by atoms with van der Waals surface area (Å²) < 4.78 is 0. The first kappa shape index (κ1) is 17.8. The predicted octanol–water partition coefficient (Wildman–Crippen LogP) is 8.11.